The molecule has 1 aromatic heterocycles. The van der Waals surface area contributed by atoms with E-state index in [4.69, 9.17) is 5.84 Å². The second-order valence-corrected chi connectivity index (χ2v) is 5.84. The van der Waals surface area contributed by atoms with Crippen LogP contribution < -0.4 is 5.84 Å². The molecule has 0 amide bonds. The Morgan fingerprint density at radius 1 is 1.14 bits per heavy atom. The van der Waals surface area contributed by atoms with Crippen molar-refractivity contribution in [2.24, 2.45) is 0 Å². The van der Waals surface area contributed by atoms with Gasteiger partial charge in [0.1, 0.15) is 5.82 Å². The van der Waals surface area contributed by atoms with Gasteiger partial charge in [-0.05, 0) is 30.2 Å². The Morgan fingerprint density at radius 2 is 1.95 bits per heavy atom. The number of halogens is 1. The number of aromatic nitrogens is 3. The lowest BCUT2D eigenvalue weighted by Crippen LogP contribution is -2.11. The predicted octanol–water partition coefficient (Wildman–Crippen LogP) is 3.40. The number of nitrogen functional groups attached to an aromatic ring is 1. The molecular formula is C16H15FN4S. The van der Waals surface area contributed by atoms with Crippen LogP contribution in [0.4, 0.5) is 4.39 Å². The number of hydrogen-bond donors (Lipinski definition) is 1. The third-order valence-electron chi connectivity index (χ3n) is 3.37. The number of hydrogen-bond acceptors (Lipinski definition) is 4. The summed E-state index contributed by atoms with van der Waals surface area (Å²) in [5.74, 6) is 6.92. The Kier molecular flexibility index (Phi) is 4.11. The molecule has 22 heavy (non-hydrogen) atoms. The zero-order valence-corrected chi connectivity index (χ0v) is 12.8. The molecule has 0 bridgehead atoms. The fourth-order valence-electron chi connectivity index (χ4n) is 2.11. The normalized spacial score (nSPS) is 10.8. The SMILES string of the molecule is Cc1ccccc1CSc1nnc(-c2cccc(F)c2)n1N. The molecule has 2 aromatic carbocycles. The van der Waals surface area contributed by atoms with Gasteiger partial charge >= 0.3 is 0 Å². The van der Waals surface area contributed by atoms with E-state index in [0.717, 1.165) is 5.75 Å². The van der Waals surface area contributed by atoms with E-state index >= 15 is 0 Å². The molecular weight excluding hydrogens is 299 g/mol. The third kappa shape index (κ3) is 2.96. The average Bonchev–Trinajstić information content (AvgIpc) is 2.87. The summed E-state index contributed by atoms with van der Waals surface area (Å²) in [6.07, 6.45) is 0. The van der Waals surface area contributed by atoms with Crippen LogP contribution in [-0.4, -0.2) is 14.9 Å². The van der Waals surface area contributed by atoms with Gasteiger partial charge in [-0.2, -0.15) is 0 Å². The minimum atomic E-state index is -0.324. The van der Waals surface area contributed by atoms with Crippen LogP contribution in [0.25, 0.3) is 11.4 Å². The fraction of sp³-hybridized carbons (Fsp3) is 0.125. The molecule has 0 saturated carbocycles. The summed E-state index contributed by atoms with van der Waals surface area (Å²) in [4.78, 5) is 0. The van der Waals surface area contributed by atoms with Crippen LogP contribution in [0, 0.1) is 12.7 Å². The van der Waals surface area contributed by atoms with E-state index in [1.807, 2.05) is 12.1 Å². The molecule has 3 rings (SSSR count). The van der Waals surface area contributed by atoms with Crippen molar-refractivity contribution < 1.29 is 4.39 Å². The maximum absolute atomic E-state index is 13.3. The van der Waals surface area contributed by atoms with Gasteiger partial charge in [-0.15, -0.1) is 10.2 Å². The van der Waals surface area contributed by atoms with Gasteiger partial charge in [0.15, 0.2) is 5.82 Å². The first kappa shape index (κ1) is 14.6. The standard InChI is InChI=1S/C16H15FN4S/c1-11-5-2-3-6-13(11)10-22-16-20-19-15(21(16)18)12-7-4-8-14(17)9-12/h2-9H,10,18H2,1H3. The van der Waals surface area contributed by atoms with E-state index in [-0.39, 0.29) is 5.82 Å². The molecule has 0 aliphatic carbocycles. The summed E-state index contributed by atoms with van der Waals surface area (Å²) in [5, 5.41) is 8.76. The van der Waals surface area contributed by atoms with Gasteiger partial charge in [-0.1, -0.05) is 48.2 Å². The molecule has 0 aliphatic heterocycles. The van der Waals surface area contributed by atoms with Crippen LogP contribution in [0.2, 0.25) is 0 Å². The summed E-state index contributed by atoms with van der Waals surface area (Å²) in [6, 6.07) is 14.3. The van der Waals surface area contributed by atoms with Gasteiger partial charge in [0.25, 0.3) is 0 Å². The molecule has 2 N–H and O–H groups in total. The first-order valence-corrected chi connectivity index (χ1v) is 7.77. The summed E-state index contributed by atoms with van der Waals surface area (Å²) < 4.78 is 14.7. The Labute approximate surface area is 132 Å². The maximum atomic E-state index is 13.3. The minimum Gasteiger partial charge on any atom is -0.335 e. The Balaban J connectivity index is 1.81. The van der Waals surface area contributed by atoms with Crippen molar-refractivity contribution >= 4 is 11.8 Å². The molecule has 0 unspecified atom stereocenters. The lowest BCUT2D eigenvalue weighted by atomic mass is 10.1. The highest BCUT2D eigenvalue weighted by Gasteiger charge is 2.13. The molecule has 0 fully saturated rings. The number of benzene rings is 2. The second kappa shape index (κ2) is 6.19. The van der Waals surface area contributed by atoms with Crippen molar-refractivity contribution in [2.45, 2.75) is 17.8 Å². The van der Waals surface area contributed by atoms with Crippen LogP contribution in [-0.2, 0) is 5.75 Å². The lowest BCUT2D eigenvalue weighted by Gasteiger charge is -2.06. The summed E-state index contributed by atoms with van der Waals surface area (Å²) in [5.41, 5.74) is 3.06. The lowest BCUT2D eigenvalue weighted by molar-refractivity contribution is 0.628. The summed E-state index contributed by atoms with van der Waals surface area (Å²) in [6.45, 7) is 2.07. The van der Waals surface area contributed by atoms with E-state index in [1.165, 1.54) is 39.7 Å². The van der Waals surface area contributed by atoms with Crippen LogP contribution >= 0.6 is 11.8 Å². The van der Waals surface area contributed by atoms with Crippen LogP contribution in [0.5, 0.6) is 0 Å². The molecule has 4 nitrogen and oxygen atoms in total. The molecule has 0 saturated heterocycles. The number of rotatable bonds is 4. The summed E-state index contributed by atoms with van der Waals surface area (Å²) >= 11 is 1.50. The number of thioether (sulfide) groups is 1. The van der Waals surface area contributed by atoms with Crippen molar-refractivity contribution in [3.05, 3.63) is 65.5 Å². The van der Waals surface area contributed by atoms with Crippen molar-refractivity contribution in [1.29, 1.82) is 0 Å². The summed E-state index contributed by atoms with van der Waals surface area (Å²) in [7, 11) is 0. The quantitative estimate of drug-likeness (QED) is 0.592. The molecule has 6 heteroatoms. The van der Waals surface area contributed by atoms with Gasteiger partial charge in [0.05, 0.1) is 0 Å². The van der Waals surface area contributed by atoms with Gasteiger partial charge < -0.3 is 5.84 Å². The predicted molar refractivity (Wildman–Crippen MR) is 86.3 cm³/mol. The number of nitrogens with zero attached hydrogens (tertiary/aromatic N) is 3. The van der Waals surface area contributed by atoms with E-state index in [9.17, 15) is 4.39 Å². The van der Waals surface area contributed by atoms with Gasteiger partial charge in [-0.25, -0.2) is 9.07 Å². The van der Waals surface area contributed by atoms with E-state index in [0.29, 0.717) is 16.5 Å². The van der Waals surface area contributed by atoms with Crippen LogP contribution in [0.1, 0.15) is 11.1 Å². The average molecular weight is 314 g/mol. The molecule has 3 aromatic rings. The molecule has 0 spiro atoms. The van der Waals surface area contributed by atoms with Crippen molar-refractivity contribution in [3.63, 3.8) is 0 Å². The first-order valence-electron chi connectivity index (χ1n) is 6.79. The van der Waals surface area contributed by atoms with Crippen LogP contribution in [0.15, 0.2) is 53.7 Å². The van der Waals surface area contributed by atoms with E-state index < -0.39 is 0 Å². The van der Waals surface area contributed by atoms with Crippen molar-refractivity contribution in [1.82, 2.24) is 14.9 Å². The van der Waals surface area contributed by atoms with Gasteiger partial charge in [-0.3, -0.25) is 0 Å². The van der Waals surface area contributed by atoms with Gasteiger partial charge in [0.2, 0.25) is 5.16 Å². The Bertz CT molecular complexity index is 800. The van der Waals surface area contributed by atoms with Gasteiger partial charge in [0, 0.05) is 11.3 Å². The fourth-order valence-corrected chi connectivity index (χ4v) is 3.05. The van der Waals surface area contributed by atoms with Crippen LogP contribution in [0.3, 0.4) is 0 Å². The third-order valence-corrected chi connectivity index (χ3v) is 4.36. The second-order valence-electron chi connectivity index (χ2n) is 4.90. The smallest absolute Gasteiger partial charge is 0.210 e. The number of nitrogens with two attached hydrogens (primary N) is 1. The monoisotopic (exact) mass is 314 g/mol. The first-order chi connectivity index (χ1) is 10.6. The largest absolute Gasteiger partial charge is 0.335 e. The molecule has 112 valence electrons. The minimum absolute atomic E-state index is 0.324. The highest BCUT2D eigenvalue weighted by Crippen LogP contribution is 2.25. The van der Waals surface area contributed by atoms with Crippen molar-refractivity contribution in [2.75, 3.05) is 5.84 Å². The Morgan fingerprint density at radius 3 is 2.73 bits per heavy atom. The van der Waals surface area contributed by atoms with Crippen molar-refractivity contribution in [3.8, 4) is 11.4 Å². The Hall–Kier alpha value is -2.34. The molecule has 0 radical (unpaired) electrons. The highest BCUT2D eigenvalue weighted by atomic mass is 32.2. The maximum Gasteiger partial charge on any atom is 0.210 e. The topological polar surface area (TPSA) is 56.7 Å². The van der Waals surface area contributed by atoms with E-state index in [1.54, 1.807) is 12.1 Å². The van der Waals surface area contributed by atoms with E-state index in [2.05, 4.69) is 29.3 Å². The molecule has 1 heterocycles. The molecule has 0 atom stereocenters. The number of aryl methyl sites for hydroxylation is 1. The zero-order chi connectivity index (χ0) is 15.5. The highest BCUT2D eigenvalue weighted by molar-refractivity contribution is 7.98. The zero-order valence-electron chi connectivity index (χ0n) is 12.0. The molecule has 0 aliphatic rings.